The second-order valence-corrected chi connectivity index (χ2v) is 8.07. The molecule has 0 aliphatic heterocycles. The van der Waals surface area contributed by atoms with Gasteiger partial charge in [0, 0.05) is 0 Å². The third kappa shape index (κ3) is 6.62. The van der Waals surface area contributed by atoms with Gasteiger partial charge in [-0.25, -0.2) is 0 Å². The number of allylic oxidation sites excluding steroid dienone is 1. The molecule has 0 fully saturated rings. The molecule has 0 saturated carbocycles. The monoisotopic (exact) mass is 398 g/mol. The van der Waals surface area contributed by atoms with Crippen LogP contribution in [0.2, 0.25) is 0 Å². The van der Waals surface area contributed by atoms with E-state index in [-0.39, 0.29) is 0 Å². The number of aryl methyl sites for hydroxylation is 3. The molecule has 0 saturated heterocycles. The van der Waals surface area contributed by atoms with Gasteiger partial charge in [-0.1, -0.05) is 92.1 Å². The van der Waals surface area contributed by atoms with Gasteiger partial charge in [-0.3, -0.25) is 0 Å². The van der Waals surface area contributed by atoms with E-state index in [1.165, 1.54) is 46.2 Å². The summed E-state index contributed by atoms with van der Waals surface area (Å²) in [5, 5.41) is 0. The second-order valence-electron chi connectivity index (χ2n) is 8.07. The van der Waals surface area contributed by atoms with Crippen molar-refractivity contribution in [2.75, 3.05) is 6.61 Å². The number of rotatable bonds is 10. The third-order valence-corrected chi connectivity index (χ3v) is 5.50. The predicted molar refractivity (Wildman–Crippen MR) is 130 cm³/mol. The zero-order chi connectivity index (χ0) is 21.2. The molecule has 0 radical (unpaired) electrons. The van der Waals surface area contributed by atoms with E-state index in [1.807, 2.05) is 0 Å². The van der Waals surface area contributed by atoms with Gasteiger partial charge in [0.1, 0.15) is 5.75 Å². The molecule has 0 heterocycles. The Labute approximate surface area is 182 Å². The Kier molecular flexibility index (Phi) is 8.32. The summed E-state index contributed by atoms with van der Waals surface area (Å²) in [6, 6.07) is 23.9. The smallest absolute Gasteiger partial charge is 0.119 e. The average molecular weight is 399 g/mol. The Hall–Kier alpha value is -2.80. The molecule has 0 unspecified atom stereocenters. The molecule has 0 N–H and O–H groups in total. The first-order valence-electron chi connectivity index (χ1n) is 11.2. The highest BCUT2D eigenvalue weighted by Crippen LogP contribution is 2.23. The van der Waals surface area contributed by atoms with Crippen molar-refractivity contribution in [3.8, 4) is 16.9 Å². The van der Waals surface area contributed by atoms with Crippen molar-refractivity contribution in [3.05, 3.63) is 95.1 Å². The fourth-order valence-corrected chi connectivity index (χ4v) is 3.66. The van der Waals surface area contributed by atoms with E-state index in [0.717, 1.165) is 31.6 Å². The summed E-state index contributed by atoms with van der Waals surface area (Å²) in [7, 11) is 0. The summed E-state index contributed by atoms with van der Waals surface area (Å²) < 4.78 is 5.81. The van der Waals surface area contributed by atoms with Gasteiger partial charge < -0.3 is 4.74 Å². The minimum Gasteiger partial charge on any atom is -0.494 e. The van der Waals surface area contributed by atoms with E-state index >= 15 is 0 Å². The lowest BCUT2D eigenvalue weighted by Gasteiger charge is -2.07. The van der Waals surface area contributed by atoms with Crippen LogP contribution in [0.5, 0.6) is 5.75 Å². The van der Waals surface area contributed by atoms with Crippen molar-refractivity contribution in [2.45, 2.75) is 52.9 Å². The Balaban J connectivity index is 1.51. The van der Waals surface area contributed by atoms with Gasteiger partial charge >= 0.3 is 0 Å². The maximum atomic E-state index is 5.81. The molecule has 0 aliphatic rings. The molecule has 0 atom stereocenters. The largest absolute Gasteiger partial charge is 0.494 e. The van der Waals surface area contributed by atoms with E-state index in [1.54, 1.807) is 0 Å². The van der Waals surface area contributed by atoms with Gasteiger partial charge in [0.2, 0.25) is 0 Å². The van der Waals surface area contributed by atoms with Crippen LogP contribution in [-0.4, -0.2) is 6.61 Å². The molecule has 3 aromatic rings. The van der Waals surface area contributed by atoms with Gasteiger partial charge in [0.25, 0.3) is 0 Å². The van der Waals surface area contributed by atoms with Crippen LogP contribution in [0.4, 0.5) is 0 Å². The highest BCUT2D eigenvalue weighted by atomic mass is 16.5. The van der Waals surface area contributed by atoms with Crippen LogP contribution >= 0.6 is 0 Å². The molecule has 156 valence electrons. The van der Waals surface area contributed by atoms with Gasteiger partial charge in [0.05, 0.1) is 6.61 Å². The maximum absolute atomic E-state index is 5.81. The molecule has 1 heteroatoms. The number of unbranched alkanes of at least 4 members (excludes halogenated alkanes) is 2. The van der Waals surface area contributed by atoms with Crippen molar-refractivity contribution in [1.29, 1.82) is 0 Å². The van der Waals surface area contributed by atoms with Crippen LogP contribution in [0.3, 0.4) is 0 Å². The molecule has 0 bridgehead atoms. The standard InChI is InChI=1S/C29H34O/c1-4-5-8-21-30-29-19-17-28(18-20-29)27-15-12-25(13-16-27)9-6-7-10-26-14-11-23(2)22-24(26)3/h6,9,11-20,22H,4-5,7-8,10,21H2,1-3H3/b9-6+. The quantitative estimate of drug-likeness (QED) is 0.313. The summed E-state index contributed by atoms with van der Waals surface area (Å²) >= 11 is 0. The minimum atomic E-state index is 0.803. The second kappa shape index (κ2) is 11.4. The number of ether oxygens (including phenoxy) is 1. The maximum Gasteiger partial charge on any atom is 0.119 e. The predicted octanol–water partition coefficient (Wildman–Crippen LogP) is 8.19. The molecule has 1 nitrogen and oxygen atoms in total. The Morgan fingerprint density at radius 1 is 0.800 bits per heavy atom. The van der Waals surface area contributed by atoms with Crippen molar-refractivity contribution in [1.82, 2.24) is 0 Å². The lowest BCUT2D eigenvalue weighted by Crippen LogP contribution is -1.96. The topological polar surface area (TPSA) is 9.23 Å². The SMILES string of the molecule is CCCCCOc1ccc(-c2ccc(/C=C/CCc3ccc(C)cc3C)cc2)cc1. The van der Waals surface area contributed by atoms with Crippen molar-refractivity contribution >= 4 is 6.08 Å². The summed E-state index contributed by atoms with van der Waals surface area (Å²) in [5.41, 5.74) is 7.88. The van der Waals surface area contributed by atoms with E-state index in [4.69, 9.17) is 4.74 Å². The Morgan fingerprint density at radius 2 is 1.50 bits per heavy atom. The zero-order valence-corrected chi connectivity index (χ0v) is 18.7. The van der Waals surface area contributed by atoms with E-state index < -0.39 is 0 Å². The van der Waals surface area contributed by atoms with Crippen LogP contribution < -0.4 is 4.74 Å². The fourth-order valence-electron chi connectivity index (χ4n) is 3.66. The third-order valence-electron chi connectivity index (χ3n) is 5.50. The van der Waals surface area contributed by atoms with E-state index in [2.05, 4.69) is 99.7 Å². The molecular formula is C29H34O. The summed E-state index contributed by atoms with van der Waals surface area (Å²) in [4.78, 5) is 0. The molecule has 3 aromatic carbocycles. The van der Waals surface area contributed by atoms with E-state index in [9.17, 15) is 0 Å². The average Bonchev–Trinajstić information content (AvgIpc) is 2.76. The van der Waals surface area contributed by atoms with Crippen molar-refractivity contribution in [3.63, 3.8) is 0 Å². The molecule has 30 heavy (non-hydrogen) atoms. The molecule has 3 rings (SSSR count). The fraction of sp³-hybridized carbons (Fsp3) is 0.310. The van der Waals surface area contributed by atoms with Crippen molar-refractivity contribution in [2.24, 2.45) is 0 Å². The molecule has 0 amide bonds. The molecular weight excluding hydrogens is 364 g/mol. The summed E-state index contributed by atoms with van der Waals surface area (Å²) in [5.74, 6) is 0.957. The molecule has 0 aromatic heterocycles. The van der Waals surface area contributed by atoms with Crippen molar-refractivity contribution < 1.29 is 4.74 Å². The van der Waals surface area contributed by atoms with Gasteiger partial charge in [-0.05, 0) is 73.1 Å². The van der Waals surface area contributed by atoms with Crippen LogP contribution in [0.15, 0.2) is 72.8 Å². The van der Waals surface area contributed by atoms with Gasteiger partial charge in [0.15, 0.2) is 0 Å². The van der Waals surface area contributed by atoms with E-state index in [0.29, 0.717) is 0 Å². The number of hydrogen-bond donors (Lipinski definition) is 0. The summed E-state index contributed by atoms with van der Waals surface area (Å²) in [6.07, 6.45) is 10.2. The van der Waals surface area contributed by atoms with Crippen LogP contribution in [0.25, 0.3) is 17.2 Å². The zero-order valence-electron chi connectivity index (χ0n) is 18.7. The Bertz CT molecular complexity index is 933. The number of hydrogen-bond acceptors (Lipinski definition) is 1. The highest BCUT2D eigenvalue weighted by Gasteiger charge is 2.00. The van der Waals surface area contributed by atoms with Gasteiger partial charge in [-0.15, -0.1) is 0 Å². The Morgan fingerprint density at radius 3 is 2.17 bits per heavy atom. The van der Waals surface area contributed by atoms with Crippen LogP contribution in [0.1, 0.15) is 54.9 Å². The van der Waals surface area contributed by atoms with Crippen LogP contribution in [-0.2, 0) is 6.42 Å². The summed E-state index contributed by atoms with van der Waals surface area (Å²) in [6.45, 7) is 7.37. The first-order valence-corrected chi connectivity index (χ1v) is 11.2. The molecule has 0 spiro atoms. The normalized spacial score (nSPS) is 11.2. The number of benzene rings is 3. The van der Waals surface area contributed by atoms with Gasteiger partial charge in [-0.2, -0.15) is 0 Å². The van der Waals surface area contributed by atoms with Crippen LogP contribution in [0, 0.1) is 13.8 Å². The minimum absolute atomic E-state index is 0.803. The first kappa shape index (κ1) is 21.9. The first-order chi connectivity index (χ1) is 14.7. The lowest BCUT2D eigenvalue weighted by atomic mass is 10.0. The lowest BCUT2D eigenvalue weighted by molar-refractivity contribution is 0.306. The molecule has 0 aliphatic carbocycles. The highest BCUT2D eigenvalue weighted by molar-refractivity contribution is 5.66.